The van der Waals surface area contributed by atoms with Gasteiger partial charge in [0.05, 0.1) is 18.5 Å². The number of piperidine rings is 3. The minimum Gasteiger partial charge on any atom is -0.378 e. The van der Waals surface area contributed by atoms with Crippen molar-refractivity contribution in [3.8, 4) is 11.1 Å². The van der Waals surface area contributed by atoms with Gasteiger partial charge in [-0.25, -0.2) is 0 Å². The molecule has 0 spiro atoms. The number of rotatable bonds is 4. The van der Waals surface area contributed by atoms with E-state index >= 15 is 0 Å². The van der Waals surface area contributed by atoms with Crippen LogP contribution in [0.1, 0.15) is 18.4 Å². The molecule has 0 aliphatic carbocycles. The van der Waals surface area contributed by atoms with E-state index in [0.717, 1.165) is 39.3 Å². The number of nitrogens with zero attached hydrogens (tertiary/aromatic N) is 2. The van der Waals surface area contributed by atoms with Crippen molar-refractivity contribution >= 4 is 23.4 Å². The first-order valence-electron chi connectivity index (χ1n) is 12.0. The highest BCUT2D eigenvalue weighted by molar-refractivity contribution is 8.01. The molecule has 0 saturated carbocycles. The summed E-state index contributed by atoms with van der Waals surface area (Å²) in [6.07, 6.45) is 3.28. The highest BCUT2D eigenvalue weighted by Gasteiger charge is 2.37. The highest BCUT2D eigenvalue weighted by Crippen LogP contribution is 2.45. The number of amides is 1. The second-order valence-electron chi connectivity index (χ2n) is 9.47. The lowest BCUT2D eigenvalue weighted by atomic mass is 9.84. The summed E-state index contributed by atoms with van der Waals surface area (Å²) in [6.45, 7) is 6.82. The minimum atomic E-state index is -0.0304. The summed E-state index contributed by atoms with van der Waals surface area (Å²) in [6, 6.07) is 15.6. The molecule has 5 heterocycles. The average molecular weight is 450 g/mol. The first-order chi connectivity index (χ1) is 15.8. The van der Waals surface area contributed by atoms with Crippen LogP contribution < -0.4 is 10.2 Å². The van der Waals surface area contributed by atoms with Gasteiger partial charge in [-0.2, -0.15) is 0 Å². The molecule has 2 aromatic carbocycles. The predicted octanol–water partition coefficient (Wildman–Crippen LogP) is 3.42. The molecule has 5 nitrogen and oxygen atoms in total. The van der Waals surface area contributed by atoms with Crippen molar-refractivity contribution in [1.82, 2.24) is 10.2 Å². The molecule has 0 aromatic heterocycles. The van der Waals surface area contributed by atoms with Crippen molar-refractivity contribution in [1.29, 1.82) is 0 Å². The first-order valence-corrected chi connectivity index (χ1v) is 12.9. The number of carbonyl (C=O) groups is 1. The lowest BCUT2D eigenvalue weighted by Crippen LogP contribution is -2.58. The first kappa shape index (κ1) is 20.6. The maximum absolute atomic E-state index is 13.2. The second kappa shape index (κ2) is 8.73. The highest BCUT2D eigenvalue weighted by atomic mass is 32.2. The van der Waals surface area contributed by atoms with E-state index in [1.807, 2.05) is 0 Å². The van der Waals surface area contributed by atoms with Crippen LogP contribution in [0.3, 0.4) is 0 Å². The summed E-state index contributed by atoms with van der Waals surface area (Å²) in [4.78, 5) is 19.5. The molecule has 1 N–H and O–H groups in total. The van der Waals surface area contributed by atoms with Gasteiger partial charge in [-0.15, -0.1) is 11.8 Å². The molecule has 5 aliphatic rings. The van der Waals surface area contributed by atoms with E-state index in [0.29, 0.717) is 12.0 Å². The molecule has 5 aliphatic heterocycles. The van der Waals surface area contributed by atoms with Gasteiger partial charge in [-0.05, 0) is 55.5 Å². The van der Waals surface area contributed by atoms with Gasteiger partial charge in [0.1, 0.15) is 0 Å². The van der Waals surface area contributed by atoms with E-state index in [9.17, 15) is 4.79 Å². The zero-order chi connectivity index (χ0) is 21.5. The molecular formula is C26H31N3O2S. The third-order valence-corrected chi connectivity index (χ3v) is 8.97. The second-order valence-corrected chi connectivity index (χ2v) is 10.7. The van der Waals surface area contributed by atoms with E-state index in [2.05, 4.69) is 57.6 Å². The number of morpholine rings is 1. The normalized spacial score (nSPS) is 29.1. The Morgan fingerprint density at radius 3 is 2.53 bits per heavy atom. The fourth-order valence-electron chi connectivity index (χ4n) is 5.81. The summed E-state index contributed by atoms with van der Waals surface area (Å²) in [5.41, 5.74) is 5.09. The SMILES string of the molecule is O=C(N[C@H]1CN2CCC1CC2)C1Cc2cccc(-c3ccccc3N3CCOCC3)c2S1. The summed E-state index contributed by atoms with van der Waals surface area (Å²) in [5, 5.41) is 3.40. The van der Waals surface area contributed by atoms with E-state index in [-0.39, 0.29) is 11.2 Å². The summed E-state index contributed by atoms with van der Waals surface area (Å²) < 4.78 is 5.57. The third kappa shape index (κ3) is 3.82. The summed E-state index contributed by atoms with van der Waals surface area (Å²) in [5.74, 6) is 0.881. The molecule has 32 heavy (non-hydrogen) atoms. The van der Waals surface area contributed by atoms with Crippen LogP contribution in [-0.4, -0.2) is 68.0 Å². The zero-order valence-electron chi connectivity index (χ0n) is 18.5. The van der Waals surface area contributed by atoms with Gasteiger partial charge < -0.3 is 19.9 Å². The lowest BCUT2D eigenvalue weighted by molar-refractivity contribution is -0.122. The molecule has 4 saturated heterocycles. The quantitative estimate of drug-likeness (QED) is 0.775. The Morgan fingerprint density at radius 1 is 0.969 bits per heavy atom. The fraction of sp³-hybridized carbons (Fsp3) is 0.500. The molecule has 0 radical (unpaired) electrons. The molecule has 1 unspecified atom stereocenters. The Morgan fingerprint density at radius 2 is 1.75 bits per heavy atom. The molecular weight excluding hydrogens is 418 g/mol. The van der Waals surface area contributed by atoms with Crippen LogP contribution in [-0.2, 0) is 16.0 Å². The van der Waals surface area contributed by atoms with Crippen molar-refractivity contribution in [2.45, 2.75) is 35.4 Å². The van der Waals surface area contributed by atoms with Crippen molar-refractivity contribution in [3.05, 3.63) is 48.0 Å². The Hall–Kier alpha value is -2.02. The minimum absolute atomic E-state index is 0.0304. The lowest BCUT2D eigenvalue weighted by Gasteiger charge is -2.45. The summed E-state index contributed by atoms with van der Waals surface area (Å²) >= 11 is 1.76. The van der Waals surface area contributed by atoms with Gasteiger partial charge in [0.25, 0.3) is 0 Å². The average Bonchev–Trinajstić information content (AvgIpc) is 3.30. The van der Waals surface area contributed by atoms with Crippen LogP contribution in [0.2, 0.25) is 0 Å². The molecule has 2 atom stereocenters. The number of ether oxygens (including phenoxy) is 1. The third-order valence-electron chi connectivity index (χ3n) is 7.58. The van der Waals surface area contributed by atoms with Gasteiger partial charge in [0.2, 0.25) is 5.91 Å². The van der Waals surface area contributed by atoms with Gasteiger partial charge in [0, 0.05) is 41.8 Å². The fourth-order valence-corrected chi connectivity index (χ4v) is 7.14. The van der Waals surface area contributed by atoms with Crippen LogP contribution in [0.4, 0.5) is 5.69 Å². The smallest absolute Gasteiger partial charge is 0.234 e. The van der Waals surface area contributed by atoms with E-state index in [1.165, 1.54) is 53.2 Å². The van der Waals surface area contributed by atoms with Gasteiger partial charge in [-0.1, -0.05) is 36.4 Å². The van der Waals surface area contributed by atoms with Crippen molar-refractivity contribution in [2.24, 2.45) is 5.92 Å². The standard InChI is InChI=1S/C26H31N3O2S/c30-26(27-22-17-28-10-8-18(22)9-11-28)24-16-19-4-3-6-21(25(19)32-24)20-5-1-2-7-23(20)29-12-14-31-15-13-29/h1-7,18,22,24H,8-17H2,(H,27,30)/t22-,24?/m0/s1. The topological polar surface area (TPSA) is 44.8 Å². The van der Waals surface area contributed by atoms with Crippen molar-refractivity contribution in [2.75, 3.05) is 50.8 Å². The van der Waals surface area contributed by atoms with Crippen molar-refractivity contribution < 1.29 is 9.53 Å². The zero-order valence-corrected chi connectivity index (χ0v) is 19.3. The summed E-state index contributed by atoms with van der Waals surface area (Å²) in [7, 11) is 0. The number of para-hydroxylation sites is 1. The van der Waals surface area contributed by atoms with E-state index < -0.39 is 0 Å². The van der Waals surface area contributed by atoms with Crippen LogP contribution in [0.25, 0.3) is 11.1 Å². The molecule has 168 valence electrons. The number of carbonyl (C=O) groups excluding carboxylic acids is 1. The molecule has 6 heteroatoms. The maximum Gasteiger partial charge on any atom is 0.234 e. The molecule has 1 amide bonds. The maximum atomic E-state index is 13.2. The Kier molecular flexibility index (Phi) is 5.61. The monoisotopic (exact) mass is 449 g/mol. The van der Waals surface area contributed by atoms with Crippen LogP contribution >= 0.6 is 11.8 Å². The number of nitrogens with one attached hydrogen (secondary N) is 1. The number of anilines is 1. The van der Waals surface area contributed by atoms with Gasteiger partial charge in [0.15, 0.2) is 0 Å². The van der Waals surface area contributed by atoms with Crippen molar-refractivity contribution in [3.63, 3.8) is 0 Å². The molecule has 2 bridgehead atoms. The molecule has 7 rings (SSSR count). The molecule has 2 aromatic rings. The Bertz CT molecular complexity index is 998. The van der Waals surface area contributed by atoms with E-state index in [4.69, 9.17) is 4.74 Å². The Balaban J connectivity index is 1.23. The number of hydrogen-bond donors (Lipinski definition) is 1. The van der Waals surface area contributed by atoms with Gasteiger partial charge >= 0.3 is 0 Å². The van der Waals surface area contributed by atoms with Crippen LogP contribution in [0.5, 0.6) is 0 Å². The number of hydrogen-bond acceptors (Lipinski definition) is 5. The number of thioether (sulfide) groups is 1. The van der Waals surface area contributed by atoms with Gasteiger partial charge in [-0.3, -0.25) is 4.79 Å². The van der Waals surface area contributed by atoms with Crippen LogP contribution in [0.15, 0.2) is 47.4 Å². The number of fused-ring (bicyclic) bond motifs is 4. The largest absolute Gasteiger partial charge is 0.378 e. The van der Waals surface area contributed by atoms with E-state index in [1.54, 1.807) is 11.8 Å². The predicted molar refractivity (Wildman–Crippen MR) is 129 cm³/mol. The number of benzene rings is 2. The Labute approximate surface area is 194 Å². The molecule has 4 fully saturated rings. The van der Waals surface area contributed by atoms with Crippen LogP contribution in [0, 0.1) is 5.92 Å².